The van der Waals surface area contributed by atoms with E-state index in [1.807, 2.05) is 116 Å². The summed E-state index contributed by atoms with van der Waals surface area (Å²) >= 11 is 8.94. The van der Waals surface area contributed by atoms with E-state index in [-0.39, 0.29) is 109 Å². The van der Waals surface area contributed by atoms with Gasteiger partial charge in [-0.3, -0.25) is 0 Å². The summed E-state index contributed by atoms with van der Waals surface area (Å²) < 4.78 is 132. The Morgan fingerprint density at radius 2 is 0.684 bits per heavy atom. The number of sulfone groups is 2. The number of aromatic amines is 1. The summed E-state index contributed by atoms with van der Waals surface area (Å²) in [5.74, 6) is 1.29. The monoisotopic (exact) mass is 2010 g/mol. The van der Waals surface area contributed by atoms with Crippen LogP contribution in [-0.2, 0) is 54.1 Å². The molecule has 0 aliphatic carbocycles. The van der Waals surface area contributed by atoms with Crippen LogP contribution in [0, 0.1) is 23.3 Å². The molecule has 0 unspecified atom stereocenters. The van der Waals surface area contributed by atoms with Crippen molar-refractivity contribution in [1.82, 2.24) is 59.5 Å². The third-order valence-corrected chi connectivity index (χ3v) is 30.7. The van der Waals surface area contributed by atoms with Crippen molar-refractivity contribution in [3.05, 3.63) is 242 Å². The van der Waals surface area contributed by atoms with Crippen LogP contribution < -0.4 is 21.3 Å². The number of anilines is 8. The van der Waals surface area contributed by atoms with Crippen LogP contribution in [0.25, 0.3) is 0 Å². The average molecular weight is 2020 g/mol. The smallest absolute Gasteiger partial charge is 0.273 e. The lowest BCUT2D eigenvalue weighted by molar-refractivity contribution is 0.0791. The predicted octanol–water partition coefficient (Wildman–Crippen LogP) is 27.6. The lowest BCUT2D eigenvalue weighted by Crippen LogP contribution is -2.22. The molecule has 35 heteroatoms. The molecule has 0 fully saturated rings. The minimum Gasteiger partial charge on any atom is -0.359 e. The van der Waals surface area contributed by atoms with Crippen LogP contribution in [0.4, 0.5) is 64.1 Å². The molecule has 8 aromatic carbocycles. The molecule has 12 aromatic rings. The summed E-state index contributed by atoms with van der Waals surface area (Å²) in [6, 6.07) is 51.5. The Morgan fingerprint density at radius 3 is 1.01 bits per heavy atom. The first-order valence-electron chi connectivity index (χ1n) is 45.0. The molecule has 0 amide bonds. The van der Waals surface area contributed by atoms with Gasteiger partial charge in [-0.1, -0.05) is 242 Å². The number of ether oxygens (including phenoxy) is 3. The average Bonchev–Trinajstić information content (AvgIpc) is 1.69. The molecular weight excluding hydrogens is 1880 g/mol. The number of hydrogen-bond acceptors (Lipinski definition) is 21. The van der Waals surface area contributed by atoms with Crippen molar-refractivity contribution in [2.75, 3.05) is 41.1 Å². The van der Waals surface area contributed by atoms with Crippen LogP contribution in [0.1, 0.15) is 203 Å². The van der Waals surface area contributed by atoms with Crippen molar-refractivity contribution in [2.45, 2.75) is 290 Å². The van der Waals surface area contributed by atoms with Gasteiger partial charge in [0.15, 0.2) is 0 Å². The first-order chi connectivity index (χ1) is 62.4. The summed E-state index contributed by atoms with van der Waals surface area (Å²) in [7, 11) is -11.4. The van der Waals surface area contributed by atoms with E-state index in [0.717, 1.165) is 83.8 Å². The van der Waals surface area contributed by atoms with Gasteiger partial charge in [-0.15, -0.1) is 33.0 Å². The zero-order valence-corrected chi connectivity index (χ0v) is 89.4. The zero-order chi connectivity index (χ0) is 98.2. The highest BCUT2D eigenvalue weighted by Gasteiger charge is 2.30. The van der Waals surface area contributed by atoms with Gasteiger partial charge in [0.25, 0.3) is 5.16 Å². The Hall–Kier alpha value is -9.15. The van der Waals surface area contributed by atoms with E-state index in [4.69, 9.17) is 24.3 Å². The summed E-state index contributed by atoms with van der Waals surface area (Å²) in [4.78, 5) is 20.1. The second-order valence-electron chi connectivity index (χ2n) is 38.6. The van der Waals surface area contributed by atoms with Crippen molar-refractivity contribution in [2.24, 2.45) is 0 Å². The van der Waals surface area contributed by atoms with Gasteiger partial charge in [-0.05, 0) is 235 Å². The van der Waals surface area contributed by atoms with Gasteiger partial charge in [-0.2, -0.15) is 19.9 Å². The molecule has 4 aromatic heterocycles. The lowest BCUT2D eigenvalue weighted by Gasteiger charge is -2.21. The summed E-state index contributed by atoms with van der Waals surface area (Å²) in [6.45, 7) is 55.7. The van der Waals surface area contributed by atoms with E-state index in [0.29, 0.717) is 66.4 Å². The highest BCUT2D eigenvalue weighted by molar-refractivity contribution is 9.10. The van der Waals surface area contributed by atoms with Crippen molar-refractivity contribution in [1.29, 1.82) is 0 Å². The first kappa shape index (κ1) is 109. The van der Waals surface area contributed by atoms with Gasteiger partial charge < -0.3 is 35.5 Å². The quantitative estimate of drug-likeness (QED) is 0.00913. The maximum absolute atomic E-state index is 14.4. The normalized spacial score (nSPS) is 12.0. The number of H-pyrrole nitrogens is 1. The van der Waals surface area contributed by atoms with E-state index in [1.54, 1.807) is 70.0 Å². The Bertz CT molecular complexity index is 5840. The summed E-state index contributed by atoms with van der Waals surface area (Å²) in [6.07, 6.45) is 0. The van der Waals surface area contributed by atoms with Crippen LogP contribution in [0.15, 0.2) is 210 Å². The van der Waals surface area contributed by atoms with Gasteiger partial charge in [0, 0.05) is 76.6 Å². The fraction of sp³-hybridized carbons (Fsp3) is 0.429. The number of benzene rings is 8. The minimum absolute atomic E-state index is 0.0255. The van der Waals surface area contributed by atoms with Gasteiger partial charge in [0.1, 0.15) is 43.5 Å². The van der Waals surface area contributed by atoms with Gasteiger partial charge in [0.05, 0.1) is 9.79 Å². The Morgan fingerprint density at radius 1 is 0.391 bits per heavy atom. The number of rotatable bonds is 37. The number of aromatic nitrogens is 12. The molecule has 0 aliphatic rings. The van der Waals surface area contributed by atoms with Crippen LogP contribution in [0.5, 0.6) is 0 Å². The number of thiol groups is 1. The van der Waals surface area contributed by atoms with E-state index < -0.39 is 43.9 Å². The predicted molar refractivity (Wildman–Crippen MR) is 546 cm³/mol. The van der Waals surface area contributed by atoms with Crippen LogP contribution in [0.2, 0.25) is 77.1 Å². The van der Waals surface area contributed by atoms with E-state index in [9.17, 15) is 34.4 Å². The molecule has 4 heterocycles. The van der Waals surface area contributed by atoms with Crippen molar-refractivity contribution in [3.8, 4) is 0 Å². The fourth-order valence-corrected chi connectivity index (χ4v) is 19.2. The molecule has 0 saturated heterocycles. The summed E-state index contributed by atoms with van der Waals surface area (Å²) in [5, 5.41) is 33.3. The second-order valence-corrected chi connectivity index (χ2v) is 61.4. The molecule has 0 spiro atoms. The molecule has 5 N–H and O–H groups in total. The third-order valence-electron chi connectivity index (χ3n) is 20.9. The molecule has 0 saturated carbocycles. The second kappa shape index (κ2) is 49.6. The molecule has 12 rings (SSSR count). The van der Waals surface area contributed by atoms with Crippen LogP contribution in [0.3, 0.4) is 0 Å². The molecule has 0 atom stereocenters. The van der Waals surface area contributed by atoms with Crippen molar-refractivity contribution >= 4 is 131 Å². The number of halogens is 5. The molecule has 0 aliphatic heterocycles. The largest absolute Gasteiger partial charge is 0.359 e. The Labute approximate surface area is 806 Å². The lowest BCUT2D eigenvalue weighted by atomic mass is 9.92. The van der Waals surface area contributed by atoms with Gasteiger partial charge >= 0.3 is 0 Å². The van der Waals surface area contributed by atoms with Gasteiger partial charge in [-0.25, -0.2) is 53.5 Å². The minimum atomic E-state index is -3.94. The Balaban J connectivity index is 0.000000214. The molecule has 23 nitrogen and oxygen atoms in total. The molecule has 0 radical (unpaired) electrons. The first-order valence-corrected chi connectivity index (χ1v) is 61.2. The molecular formula is C98H135BrF4N16O7S4Si3. The van der Waals surface area contributed by atoms with E-state index >= 15 is 0 Å². The molecule has 0 bridgehead atoms. The van der Waals surface area contributed by atoms with Gasteiger partial charge in [0.2, 0.25) is 58.5 Å². The highest BCUT2D eigenvalue weighted by atomic mass is 79.9. The molecule has 133 heavy (non-hydrogen) atoms. The fourth-order valence-electron chi connectivity index (χ4n) is 13.4. The van der Waals surface area contributed by atoms with E-state index in [1.165, 1.54) is 65.0 Å². The topological polar surface area (TPSA) is 278 Å². The number of nitrogens with one attached hydrogen (secondary N) is 5. The van der Waals surface area contributed by atoms with Crippen molar-refractivity contribution < 1.29 is 48.6 Å². The highest BCUT2D eigenvalue weighted by Crippen LogP contribution is 2.42. The molecule has 720 valence electrons. The van der Waals surface area contributed by atoms with Crippen LogP contribution in [-0.4, -0.2) is 120 Å². The standard InChI is InChI=1S/C26H37FN4O3SSi.C26H37FN4OSSi.C20H32BrFN4OSi.C20H23FN4O2S.C6H6S/c1-18(2)22-15-20(27)16-23(19(3)4)24(22)28-25-29-26(35(32,33)21-11-9-8-10-12-21)30-31(25)17-34-13-14-36(5,6)7;1-18(2)22-15-20(27)16-23(19(3)4)24(22)28-25-29-26(33-21-11-9-8-10-12-21)30-31(25)17-32-13-14-34(5,6)7;1-13(2)16-10-15(22)11-17(14(3)4)18(16)23-20-24-19(21)25-26(20)12-27-8-9-28(5,6)7;1-12(2)16-10-14(21)11-17(13(3)4)18(16)22-19-23-20(25-24-19)28(26,27)15-8-6-5-7-9-15;7-6-4-2-1-3-5-6/h8-12,15-16,18-19H,13-14,17H2,1-7H3,(H,28,29,30);8-12,15-16,18-19H,13-14,17H2,1-7H3,(H,28,29,30);10-11,13-14H,8-9,12H2,1-7H3,(H,23,24,25);5-13H,1-4H3,(H2,22,23,24,25);1-5,7H. The number of hydrogen-bond donors (Lipinski definition) is 6. The Kier molecular flexibility index (Phi) is 40.7. The van der Waals surface area contributed by atoms with Crippen molar-refractivity contribution in [3.63, 3.8) is 0 Å². The third kappa shape index (κ3) is 33.4. The van der Waals surface area contributed by atoms with Crippen LogP contribution >= 0.6 is 40.3 Å². The van der Waals surface area contributed by atoms with E-state index in [2.05, 4.69) is 199 Å². The number of nitrogens with zero attached hydrogens (tertiary/aromatic N) is 11. The summed E-state index contributed by atoms with van der Waals surface area (Å²) in [5.41, 5.74) is 10.0. The zero-order valence-electron chi connectivity index (χ0n) is 81.5. The SMILES string of the molecule is CC(C)c1cc(F)cc(C(C)C)c1Nc1n[nH]c(S(=O)(=O)c2ccccc2)n1.CC(C)c1cc(F)cc(C(C)C)c1Nc1nc(Br)nn1COCC[Si](C)(C)C.CC(C)c1cc(F)cc(C(C)C)c1Nc1nc(S(=O)(=O)c2ccccc2)nn1COCC[Si](C)(C)C.CC(C)c1cc(F)cc(C(C)C)c1Nc1nc(Sc2ccccc2)nn1COCC[Si](C)(C)C.Sc1ccccc1. The maximum atomic E-state index is 14.4. The maximum Gasteiger partial charge on any atom is 0.273 e.